The summed E-state index contributed by atoms with van der Waals surface area (Å²) in [6.07, 6.45) is 0.435. The van der Waals surface area contributed by atoms with Gasteiger partial charge in [-0.3, -0.25) is 9.59 Å². The van der Waals surface area contributed by atoms with Crippen molar-refractivity contribution in [3.05, 3.63) is 105 Å². The molecule has 4 rings (SSSR count). The molecule has 1 N–H and O–H groups in total. The number of hydrogen-bond acceptors (Lipinski definition) is 4. The number of ether oxygens (including phenoxy) is 1. The topological polar surface area (TPSA) is 66.8 Å². The lowest BCUT2D eigenvalue weighted by molar-refractivity contribution is -0.139. The summed E-state index contributed by atoms with van der Waals surface area (Å²) in [6.45, 7) is 10.3. The van der Waals surface area contributed by atoms with E-state index in [0.29, 0.717) is 17.7 Å². The van der Waals surface area contributed by atoms with Crippen LogP contribution >= 0.6 is 0 Å². The summed E-state index contributed by atoms with van der Waals surface area (Å²) in [5, 5.41) is 11.5. The van der Waals surface area contributed by atoms with E-state index in [1.165, 1.54) is 17.0 Å². The highest BCUT2D eigenvalue weighted by atomic mass is 19.1. The highest BCUT2D eigenvalue weighted by Crippen LogP contribution is 2.41. The molecular weight excluding hydrogens is 481 g/mol. The molecule has 1 atom stereocenters. The zero-order valence-corrected chi connectivity index (χ0v) is 22.8. The van der Waals surface area contributed by atoms with Crippen molar-refractivity contribution in [3.8, 4) is 5.75 Å². The molecule has 6 heteroatoms. The number of hydrogen-bond donors (Lipinski definition) is 1. The van der Waals surface area contributed by atoms with Crippen LogP contribution in [0.25, 0.3) is 5.76 Å². The van der Waals surface area contributed by atoms with Gasteiger partial charge in [0.05, 0.1) is 18.7 Å². The summed E-state index contributed by atoms with van der Waals surface area (Å²) in [7, 11) is 1.58. The van der Waals surface area contributed by atoms with Crippen LogP contribution in [0.15, 0.2) is 66.2 Å². The van der Waals surface area contributed by atoms with Gasteiger partial charge in [0.25, 0.3) is 11.7 Å². The number of nitrogens with zero attached hydrogens (tertiary/aromatic N) is 1. The first kappa shape index (κ1) is 27.1. The maximum Gasteiger partial charge on any atom is 0.295 e. The second-order valence-electron chi connectivity index (χ2n) is 10.9. The molecule has 3 aromatic rings. The second kappa shape index (κ2) is 10.4. The fourth-order valence-corrected chi connectivity index (χ4v) is 4.93. The van der Waals surface area contributed by atoms with E-state index in [1.807, 2.05) is 44.2 Å². The first-order valence-corrected chi connectivity index (χ1v) is 12.7. The third kappa shape index (κ3) is 5.21. The average molecular weight is 516 g/mol. The standard InChI is InChI=1S/C32H34FNO4/c1-19-18-26(38-6)20(2)17-25(19)29(35)27-28(22-9-11-23(12-10-22)32(3,4)5)34(31(37)30(27)36)16-15-21-7-13-24(33)14-8-21/h7-14,17-18,28,35H,15-16H2,1-6H3/b29-27+. The second-order valence-corrected chi connectivity index (χ2v) is 10.9. The van der Waals surface area contributed by atoms with E-state index in [-0.39, 0.29) is 29.1 Å². The monoisotopic (exact) mass is 515 g/mol. The normalized spacial score (nSPS) is 17.2. The molecule has 0 aliphatic carbocycles. The Bertz CT molecular complexity index is 1400. The molecule has 3 aromatic carbocycles. The number of Topliss-reactive ketones (excluding diaryl/α,β-unsaturated/α-hetero) is 1. The van der Waals surface area contributed by atoms with Gasteiger partial charge in [-0.2, -0.15) is 0 Å². The highest BCUT2D eigenvalue weighted by Gasteiger charge is 2.46. The van der Waals surface area contributed by atoms with Crippen LogP contribution in [0.1, 0.15) is 60.2 Å². The zero-order chi connectivity index (χ0) is 27.8. The molecule has 1 aliphatic rings. The maximum absolute atomic E-state index is 13.4. The number of aliphatic hydroxyl groups excluding tert-OH is 1. The molecule has 1 unspecified atom stereocenters. The van der Waals surface area contributed by atoms with Crippen LogP contribution in [0.4, 0.5) is 4.39 Å². The van der Waals surface area contributed by atoms with Gasteiger partial charge in [-0.15, -0.1) is 0 Å². The number of rotatable bonds is 6. The summed E-state index contributed by atoms with van der Waals surface area (Å²) in [6, 6.07) is 16.7. The highest BCUT2D eigenvalue weighted by molar-refractivity contribution is 6.46. The van der Waals surface area contributed by atoms with Gasteiger partial charge in [0, 0.05) is 12.1 Å². The fourth-order valence-electron chi connectivity index (χ4n) is 4.93. The van der Waals surface area contributed by atoms with Crippen LogP contribution in [0.5, 0.6) is 5.75 Å². The lowest BCUT2D eigenvalue weighted by Gasteiger charge is -2.27. The van der Waals surface area contributed by atoms with E-state index >= 15 is 0 Å². The van der Waals surface area contributed by atoms with Crippen LogP contribution in [-0.4, -0.2) is 35.4 Å². The Kier molecular flexibility index (Phi) is 7.45. The molecule has 1 fully saturated rings. The third-order valence-electron chi connectivity index (χ3n) is 7.18. The summed E-state index contributed by atoms with van der Waals surface area (Å²) in [5.41, 5.74) is 4.70. The van der Waals surface area contributed by atoms with Crippen LogP contribution in [0, 0.1) is 19.7 Å². The molecule has 0 spiro atoms. The smallest absolute Gasteiger partial charge is 0.295 e. The van der Waals surface area contributed by atoms with Crippen molar-refractivity contribution in [2.75, 3.05) is 13.7 Å². The molecule has 198 valence electrons. The van der Waals surface area contributed by atoms with Crippen molar-refractivity contribution >= 4 is 17.4 Å². The minimum absolute atomic E-state index is 0.0604. The molecule has 0 aromatic heterocycles. The Morgan fingerprint density at radius 1 is 0.974 bits per heavy atom. The molecule has 0 radical (unpaired) electrons. The quantitative estimate of drug-likeness (QED) is 0.234. The van der Waals surface area contributed by atoms with Crippen molar-refractivity contribution in [2.24, 2.45) is 0 Å². The molecule has 1 saturated heterocycles. The van der Waals surface area contributed by atoms with E-state index < -0.39 is 17.7 Å². The van der Waals surface area contributed by atoms with E-state index in [1.54, 1.807) is 25.3 Å². The van der Waals surface area contributed by atoms with Crippen molar-refractivity contribution in [2.45, 2.75) is 52.5 Å². The Morgan fingerprint density at radius 3 is 2.18 bits per heavy atom. The summed E-state index contributed by atoms with van der Waals surface area (Å²) in [4.78, 5) is 28.3. The number of amides is 1. The lowest BCUT2D eigenvalue weighted by atomic mass is 9.85. The Hall–Kier alpha value is -3.93. The van der Waals surface area contributed by atoms with Gasteiger partial charge >= 0.3 is 0 Å². The number of likely N-dealkylation sites (tertiary alicyclic amines) is 1. The third-order valence-corrected chi connectivity index (χ3v) is 7.18. The maximum atomic E-state index is 13.4. The van der Waals surface area contributed by atoms with Gasteiger partial charge < -0.3 is 14.7 Å². The van der Waals surface area contributed by atoms with Crippen molar-refractivity contribution in [1.29, 1.82) is 0 Å². The Labute approximate surface area is 223 Å². The zero-order valence-electron chi connectivity index (χ0n) is 22.8. The van der Waals surface area contributed by atoms with Gasteiger partial charge in [0.1, 0.15) is 17.3 Å². The number of carbonyl (C=O) groups excluding carboxylic acids is 2. The van der Waals surface area contributed by atoms with Gasteiger partial charge in [-0.1, -0.05) is 57.2 Å². The predicted octanol–water partition coefficient (Wildman–Crippen LogP) is 6.41. The molecular formula is C32H34FNO4. The number of halogens is 1. The van der Waals surface area contributed by atoms with Gasteiger partial charge in [-0.05, 0) is 77.8 Å². The molecule has 1 heterocycles. The predicted molar refractivity (Wildman–Crippen MR) is 147 cm³/mol. The van der Waals surface area contributed by atoms with E-state index in [0.717, 1.165) is 27.8 Å². The fraction of sp³-hybridized carbons (Fsp3) is 0.312. The summed E-state index contributed by atoms with van der Waals surface area (Å²) < 4.78 is 18.8. The minimum atomic E-state index is -0.758. The van der Waals surface area contributed by atoms with Gasteiger partial charge in [0.15, 0.2) is 0 Å². The molecule has 0 saturated carbocycles. The first-order valence-electron chi connectivity index (χ1n) is 12.7. The molecule has 0 bridgehead atoms. The van der Waals surface area contributed by atoms with E-state index in [2.05, 4.69) is 20.8 Å². The number of aliphatic hydroxyl groups is 1. The van der Waals surface area contributed by atoms with Crippen molar-refractivity contribution in [3.63, 3.8) is 0 Å². The number of aryl methyl sites for hydroxylation is 2. The van der Waals surface area contributed by atoms with E-state index in [4.69, 9.17) is 4.74 Å². The minimum Gasteiger partial charge on any atom is -0.507 e. The number of methoxy groups -OCH3 is 1. The molecule has 38 heavy (non-hydrogen) atoms. The van der Waals surface area contributed by atoms with Crippen LogP contribution < -0.4 is 4.74 Å². The molecule has 1 amide bonds. The van der Waals surface area contributed by atoms with Crippen LogP contribution in [-0.2, 0) is 21.4 Å². The van der Waals surface area contributed by atoms with Crippen molar-refractivity contribution in [1.82, 2.24) is 4.90 Å². The average Bonchev–Trinajstić information content (AvgIpc) is 3.13. The summed E-state index contributed by atoms with van der Waals surface area (Å²) >= 11 is 0. The number of benzene rings is 3. The van der Waals surface area contributed by atoms with Crippen LogP contribution in [0.3, 0.4) is 0 Å². The summed E-state index contributed by atoms with van der Waals surface area (Å²) in [5.74, 6) is -1.26. The first-order chi connectivity index (χ1) is 17.9. The molecule has 1 aliphatic heterocycles. The van der Waals surface area contributed by atoms with E-state index in [9.17, 15) is 19.1 Å². The van der Waals surface area contributed by atoms with Gasteiger partial charge in [0.2, 0.25) is 0 Å². The van der Waals surface area contributed by atoms with Crippen molar-refractivity contribution < 1.29 is 23.8 Å². The Morgan fingerprint density at radius 2 is 1.61 bits per heavy atom. The van der Waals surface area contributed by atoms with Crippen LogP contribution in [0.2, 0.25) is 0 Å². The molecule has 5 nitrogen and oxygen atoms in total. The lowest BCUT2D eigenvalue weighted by Crippen LogP contribution is -2.31. The SMILES string of the molecule is COc1cc(C)c(/C(O)=C2\C(=O)C(=O)N(CCc3ccc(F)cc3)C2c2ccc(C(C)(C)C)cc2)cc1C. The Balaban J connectivity index is 1.83. The number of ketones is 1. The van der Waals surface area contributed by atoms with Gasteiger partial charge in [-0.25, -0.2) is 4.39 Å². The largest absolute Gasteiger partial charge is 0.507 e. The number of carbonyl (C=O) groups is 2.